The highest BCUT2D eigenvalue weighted by molar-refractivity contribution is 5.89. The third-order valence-corrected chi connectivity index (χ3v) is 4.12. The zero-order valence-electron chi connectivity index (χ0n) is 11.9. The topological polar surface area (TPSA) is 61.4 Å². The van der Waals surface area contributed by atoms with Gasteiger partial charge in [-0.1, -0.05) is 19.4 Å². The van der Waals surface area contributed by atoms with Gasteiger partial charge in [-0.2, -0.15) is 0 Å². The largest absolute Gasteiger partial charge is 0.396 e. The maximum absolute atomic E-state index is 13.7. The lowest BCUT2D eigenvalue weighted by Gasteiger charge is -2.30. The molecule has 0 aliphatic heterocycles. The van der Waals surface area contributed by atoms with Crippen LogP contribution in [0.3, 0.4) is 0 Å². The number of halogens is 1. The molecule has 2 rings (SSSR count). The van der Waals surface area contributed by atoms with Gasteiger partial charge in [0.1, 0.15) is 5.82 Å². The fraction of sp³-hybridized carbons (Fsp3) is 0.533. The number of aryl methyl sites for hydroxylation is 1. The third kappa shape index (κ3) is 3.10. The average Bonchev–Trinajstić information content (AvgIpc) is 2.75. The van der Waals surface area contributed by atoms with Crippen molar-refractivity contribution in [2.45, 2.75) is 39.2 Å². The molecule has 1 aliphatic rings. The number of amides is 2. The summed E-state index contributed by atoms with van der Waals surface area (Å²) in [5, 5.41) is 14.8. The maximum atomic E-state index is 13.7. The number of aliphatic hydroxyl groups excluding tert-OH is 1. The summed E-state index contributed by atoms with van der Waals surface area (Å²) in [4.78, 5) is 11.9. The van der Waals surface area contributed by atoms with Crippen LogP contribution >= 0.6 is 0 Å². The van der Waals surface area contributed by atoms with Gasteiger partial charge in [-0.25, -0.2) is 9.18 Å². The summed E-state index contributed by atoms with van der Waals surface area (Å²) in [7, 11) is 0. The number of hydrogen-bond acceptors (Lipinski definition) is 2. The average molecular weight is 280 g/mol. The monoisotopic (exact) mass is 280 g/mol. The summed E-state index contributed by atoms with van der Waals surface area (Å²) in [6, 6.07) is 4.15. The van der Waals surface area contributed by atoms with E-state index in [-0.39, 0.29) is 23.8 Å². The van der Waals surface area contributed by atoms with Crippen LogP contribution in [0.5, 0.6) is 0 Å². The van der Waals surface area contributed by atoms with E-state index in [0.29, 0.717) is 0 Å². The van der Waals surface area contributed by atoms with Crippen molar-refractivity contribution in [3.8, 4) is 0 Å². The number of carbonyl (C=O) groups is 1. The molecular formula is C15H21FN2O2. The molecule has 2 amide bonds. The van der Waals surface area contributed by atoms with Crippen LogP contribution in [0.25, 0.3) is 0 Å². The van der Waals surface area contributed by atoms with Crippen molar-refractivity contribution in [1.82, 2.24) is 5.32 Å². The van der Waals surface area contributed by atoms with Crippen LogP contribution in [0.2, 0.25) is 0 Å². The van der Waals surface area contributed by atoms with E-state index in [2.05, 4.69) is 10.6 Å². The minimum atomic E-state index is -0.448. The minimum absolute atomic E-state index is 0.0385. The highest BCUT2D eigenvalue weighted by Gasteiger charge is 2.39. The van der Waals surface area contributed by atoms with Gasteiger partial charge in [0.15, 0.2) is 0 Å². The van der Waals surface area contributed by atoms with E-state index >= 15 is 0 Å². The molecule has 1 aromatic rings. The molecule has 5 heteroatoms. The molecule has 0 aromatic heterocycles. The Hall–Kier alpha value is -1.62. The van der Waals surface area contributed by atoms with Crippen LogP contribution < -0.4 is 10.6 Å². The van der Waals surface area contributed by atoms with E-state index < -0.39 is 11.8 Å². The number of nitrogens with one attached hydrogen (secondary N) is 2. The van der Waals surface area contributed by atoms with Crippen molar-refractivity contribution in [1.29, 1.82) is 0 Å². The Morgan fingerprint density at radius 2 is 2.30 bits per heavy atom. The van der Waals surface area contributed by atoms with E-state index in [4.69, 9.17) is 0 Å². The molecule has 1 aliphatic carbocycles. The van der Waals surface area contributed by atoms with E-state index in [9.17, 15) is 14.3 Å². The molecular weight excluding hydrogens is 259 g/mol. The van der Waals surface area contributed by atoms with Crippen molar-refractivity contribution in [3.63, 3.8) is 0 Å². The Kier molecular flexibility index (Phi) is 4.28. The molecule has 20 heavy (non-hydrogen) atoms. The summed E-state index contributed by atoms with van der Waals surface area (Å²) in [5.41, 5.74) is 0.678. The van der Waals surface area contributed by atoms with Gasteiger partial charge in [-0.05, 0) is 37.5 Å². The Morgan fingerprint density at radius 1 is 1.55 bits per heavy atom. The van der Waals surface area contributed by atoms with Crippen molar-refractivity contribution >= 4 is 11.7 Å². The maximum Gasteiger partial charge on any atom is 0.319 e. The first-order valence-corrected chi connectivity index (χ1v) is 6.89. The van der Waals surface area contributed by atoms with Gasteiger partial charge in [0, 0.05) is 11.5 Å². The Balaban J connectivity index is 1.99. The van der Waals surface area contributed by atoms with Gasteiger partial charge in [0.05, 0.1) is 12.3 Å². The zero-order chi connectivity index (χ0) is 14.8. The van der Waals surface area contributed by atoms with Gasteiger partial charge in [0.25, 0.3) is 0 Å². The molecule has 0 spiro atoms. The quantitative estimate of drug-likeness (QED) is 0.797. The van der Waals surface area contributed by atoms with Crippen molar-refractivity contribution < 1.29 is 14.3 Å². The number of carbonyl (C=O) groups excluding carboxylic acids is 1. The summed E-state index contributed by atoms with van der Waals surface area (Å²) < 4.78 is 13.7. The summed E-state index contributed by atoms with van der Waals surface area (Å²) in [5.74, 6) is -0.448. The normalized spacial score (nSPS) is 25.5. The van der Waals surface area contributed by atoms with Crippen LogP contribution in [-0.2, 0) is 0 Å². The summed E-state index contributed by atoms with van der Waals surface area (Å²) in [6.45, 7) is 3.78. The lowest BCUT2D eigenvalue weighted by atomic mass is 9.86. The van der Waals surface area contributed by atoms with Gasteiger partial charge < -0.3 is 15.7 Å². The Bertz CT molecular complexity index is 507. The van der Waals surface area contributed by atoms with Crippen LogP contribution in [0.1, 0.15) is 31.7 Å². The second-order valence-electron chi connectivity index (χ2n) is 5.84. The van der Waals surface area contributed by atoms with Crippen molar-refractivity contribution in [2.75, 3.05) is 11.9 Å². The lowest BCUT2D eigenvalue weighted by molar-refractivity contribution is 0.122. The summed E-state index contributed by atoms with van der Waals surface area (Å²) in [6.07, 6.45) is 2.69. The first-order chi connectivity index (χ1) is 9.44. The molecule has 2 atom stereocenters. The number of hydrogen-bond donors (Lipinski definition) is 3. The van der Waals surface area contributed by atoms with Crippen molar-refractivity contribution in [3.05, 3.63) is 29.6 Å². The van der Waals surface area contributed by atoms with E-state index in [1.165, 1.54) is 6.07 Å². The smallest absolute Gasteiger partial charge is 0.319 e. The first kappa shape index (κ1) is 14.8. The number of rotatable bonds is 3. The molecule has 110 valence electrons. The first-order valence-electron chi connectivity index (χ1n) is 6.89. The Morgan fingerprint density at radius 3 is 2.95 bits per heavy atom. The molecule has 1 fully saturated rings. The lowest BCUT2D eigenvalue weighted by Crippen LogP contribution is -2.46. The van der Waals surface area contributed by atoms with Gasteiger partial charge >= 0.3 is 6.03 Å². The highest BCUT2D eigenvalue weighted by Crippen LogP contribution is 2.37. The standard InChI is InChI=1S/C15H21FN2O2/c1-10-5-6-12(11(16)8-10)17-14(20)18-13-4-3-7-15(13,2)9-19/h5-6,8,13,19H,3-4,7,9H2,1-2H3,(H2,17,18,20). The van der Waals surface area contributed by atoms with Crippen LogP contribution in [-0.4, -0.2) is 23.8 Å². The molecule has 0 radical (unpaired) electrons. The second-order valence-corrected chi connectivity index (χ2v) is 5.84. The van der Waals surface area contributed by atoms with Crippen LogP contribution in [0, 0.1) is 18.2 Å². The minimum Gasteiger partial charge on any atom is -0.396 e. The molecule has 0 bridgehead atoms. The number of aliphatic hydroxyl groups is 1. The predicted molar refractivity (Wildman–Crippen MR) is 76.1 cm³/mol. The molecule has 0 heterocycles. The number of benzene rings is 1. The molecule has 4 nitrogen and oxygen atoms in total. The molecule has 0 saturated heterocycles. The highest BCUT2D eigenvalue weighted by atomic mass is 19.1. The van der Waals surface area contributed by atoms with Gasteiger partial charge in [-0.15, -0.1) is 0 Å². The van der Waals surface area contributed by atoms with E-state index in [1.54, 1.807) is 19.1 Å². The fourth-order valence-corrected chi connectivity index (χ4v) is 2.71. The van der Waals surface area contributed by atoms with Crippen molar-refractivity contribution in [2.24, 2.45) is 5.41 Å². The SMILES string of the molecule is Cc1ccc(NC(=O)NC2CCCC2(C)CO)c(F)c1. The number of urea groups is 1. The predicted octanol–water partition coefficient (Wildman–Crippen LogP) is 2.81. The zero-order valence-corrected chi connectivity index (χ0v) is 11.9. The summed E-state index contributed by atoms with van der Waals surface area (Å²) >= 11 is 0. The molecule has 3 N–H and O–H groups in total. The van der Waals surface area contributed by atoms with E-state index in [0.717, 1.165) is 24.8 Å². The van der Waals surface area contributed by atoms with Gasteiger partial charge in [0.2, 0.25) is 0 Å². The molecule has 1 aromatic carbocycles. The Labute approximate surface area is 118 Å². The third-order valence-electron chi connectivity index (χ3n) is 4.12. The second kappa shape index (κ2) is 5.79. The molecule has 2 unspecified atom stereocenters. The fourth-order valence-electron chi connectivity index (χ4n) is 2.71. The number of anilines is 1. The van der Waals surface area contributed by atoms with Gasteiger partial charge in [-0.3, -0.25) is 0 Å². The van der Waals surface area contributed by atoms with E-state index in [1.807, 2.05) is 6.92 Å². The molecule has 1 saturated carbocycles. The van der Waals surface area contributed by atoms with Crippen LogP contribution in [0.15, 0.2) is 18.2 Å². The van der Waals surface area contributed by atoms with Crippen LogP contribution in [0.4, 0.5) is 14.9 Å².